The molecule has 136 valence electrons. The highest BCUT2D eigenvalue weighted by atomic mass is 35.5. The van der Waals surface area contributed by atoms with Gasteiger partial charge in [0, 0.05) is 38.6 Å². The SMILES string of the molecule is CCc1cc(-c2nnc(SCC(=O)Nc3cc(Cl)cc(Cl)c3)n2C)cs1. The first-order valence-electron chi connectivity index (χ1n) is 7.82. The van der Waals surface area contributed by atoms with E-state index < -0.39 is 0 Å². The van der Waals surface area contributed by atoms with Crippen LogP contribution in [0.3, 0.4) is 0 Å². The number of thiophene rings is 1. The number of carbonyl (C=O) groups is 1. The van der Waals surface area contributed by atoms with E-state index in [4.69, 9.17) is 23.2 Å². The maximum absolute atomic E-state index is 12.2. The number of amides is 1. The fourth-order valence-electron chi connectivity index (χ4n) is 2.33. The molecule has 0 aliphatic heterocycles. The number of rotatable bonds is 6. The summed E-state index contributed by atoms with van der Waals surface area (Å²) in [4.78, 5) is 13.5. The van der Waals surface area contributed by atoms with Crippen molar-refractivity contribution in [2.24, 2.45) is 7.05 Å². The maximum Gasteiger partial charge on any atom is 0.234 e. The van der Waals surface area contributed by atoms with E-state index in [0.29, 0.717) is 20.9 Å². The van der Waals surface area contributed by atoms with E-state index in [9.17, 15) is 4.79 Å². The standard InChI is InChI=1S/C17H16Cl2N4OS2/c1-3-14-4-10(8-25-14)16-21-22-17(23(16)2)26-9-15(24)20-13-6-11(18)5-12(19)7-13/h4-8H,3,9H2,1-2H3,(H,20,24). The minimum absolute atomic E-state index is 0.165. The highest BCUT2D eigenvalue weighted by Gasteiger charge is 2.14. The van der Waals surface area contributed by atoms with Crippen LogP contribution in [-0.2, 0) is 18.3 Å². The Morgan fingerprint density at radius 1 is 1.23 bits per heavy atom. The van der Waals surface area contributed by atoms with Gasteiger partial charge in [-0.25, -0.2) is 0 Å². The molecule has 1 N–H and O–H groups in total. The van der Waals surface area contributed by atoms with E-state index in [-0.39, 0.29) is 11.7 Å². The second-order valence-corrected chi connectivity index (χ2v) is 8.33. The molecule has 0 aliphatic rings. The molecule has 26 heavy (non-hydrogen) atoms. The summed E-state index contributed by atoms with van der Waals surface area (Å²) < 4.78 is 1.90. The lowest BCUT2D eigenvalue weighted by Gasteiger charge is -2.06. The number of halogens is 2. The first kappa shape index (κ1) is 19.2. The molecule has 5 nitrogen and oxygen atoms in total. The summed E-state index contributed by atoms with van der Waals surface area (Å²) in [6.07, 6.45) is 0.998. The predicted octanol–water partition coefficient (Wildman–Crippen LogP) is 5.14. The van der Waals surface area contributed by atoms with Gasteiger partial charge in [-0.3, -0.25) is 4.79 Å². The zero-order valence-electron chi connectivity index (χ0n) is 14.1. The van der Waals surface area contributed by atoms with Gasteiger partial charge in [0.2, 0.25) is 5.91 Å². The number of carbonyl (C=O) groups excluding carboxylic acids is 1. The second kappa shape index (κ2) is 8.43. The van der Waals surface area contributed by atoms with Gasteiger partial charge in [-0.15, -0.1) is 21.5 Å². The molecule has 0 bridgehead atoms. The minimum Gasteiger partial charge on any atom is -0.325 e. The third kappa shape index (κ3) is 4.59. The van der Waals surface area contributed by atoms with E-state index in [1.807, 2.05) is 11.6 Å². The predicted molar refractivity (Wildman–Crippen MR) is 110 cm³/mol. The second-order valence-electron chi connectivity index (χ2n) is 5.52. The summed E-state index contributed by atoms with van der Waals surface area (Å²) in [6, 6.07) is 7.04. The van der Waals surface area contributed by atoms with E-state index in [2.05, 4.69) is 33.9 Å². The molecule has 0 fully saturated rings. The van der Waals surface area contributed by atoms with Crippen LogP contribution in [0.4, 0.5) is 5.69 Å². The number of thioether (sulfide) groups is 1. The Balaban J connectivity index is 1.63. The van der Waals surface area contributed by atoms with Crippen molar-refractivity contribution in [3.63, 3.8) is 0 Å². The van der Waals surface area contributed by atoms with E-state index >= 15 is 0 Å². The number of aryl methyl sites for hydroxylation is 1. The maximum atomic E-state index is 12.2. The lowest BCUT2D eigenvalue weighted by Crippen LogP contribution is -2.14. The molecule has 1 amide bonds. The Bertz CT molecular complexity index is 918. The number of anilines is 1. The fraction of sp³-hybridized carbons (Fsp3) is 0.235. The monoisotopic (exact) mass is 426 g/mol. The Labute approximate surface area is 169 Å². The van der Waals surface area contributed by atoms with Crippen LogP contribution in [-0.4, -0.2) is 26.4 Å². The molecule has 2 heterocycles. The van der Waals surface area contributed by atoms with Crippen LogP contribution in [0.15, 0.2) is 34.8 Å². The number of nitrogens with one attached hydrogen (secondary N) is 1. The molecule has 0 radical (unpaired) electrons. The first-order chi connectivity index (χ1) is 12.5. The van der Waals surface area contributed by atoms with Crippen molar-refractivity contribution in [3.05, 3.63) is 44.6 Å². The van der Waals surface area contributed by atoms with Crippen LogP contribution >= 0.6 is 46.3 Å². The van der Waals surface area contributed by atoms with Gasteiger partial charge in [0.1, 0.15) is 0 Å². The smallest absolute Gasteiger partial charge is 0.234 e. The van der Waals surface area contributed by atoms with Gasteiger partial charge in [-0.1, -0.05) is 41.9 Å². The highest BCUT2D eigenvalue weighted by molar-refractivity contribution is 7.99. The topological polar surface area (TPSA) is 59.8 Å². The van der Waals surface area contributed by atoms with Crippen molar-refractivity contribution in [2.45, 2.75) is 18.5 Å². The summed E-state index contributed by atoms with van der Waals surface area (Å²) >= 11 is 14.9. The molecule has 1 aromatic carbocycles. The van der Waals surface area contributed by atoms with Crippen LogP contribution in [0.1, 0.15) is 11.8 Å². The van der Waals surface area contributed by atoms with Crippen molar-refractivity contribution in [3.8, 4) is 11.4 Å². The van der Waals surface area contributed by atoms with Crippen molar-refractivity contribution >= 4 is 57.9 Å². The van der Waals surface area contributed by atoms with E-state index in [0.717, 1.165) is 17.8 Å². The Morgan fingerprint density at radius 2 is 1.96 bits per heavy atom. The number of benzene rings is 1. The molecule has 0 atom stereocenters. The number of hydrogen-bond acceptors (Lipinski definition) is 5. The summed E-state index contributed by atoms with van der Waals surface area (Å²) in [7, 11) is 1.90. The summed E-state index contributed by atoms with van der Waals surface area (Å²) in [5.41, 5.74) is 1.61. The zero-order valence-corrected chi connectivity index (χ0v) is 17.3. The van der Waals surface area contributed by atoms with Gasteiger partial charge in [-0.05, 0) is 30.7 Å². The molecule has 3 aromatic rings. The van der Waals surface area contributed by atoms with Gasteiger partial charge in [0.25, 0.3) is 0 Å². The van der Waals surface area contributed by atoms with Gasteiger partial charge in [0.15, 0.2) is 11.0 Å². The molecule has 0 aliphatic carbocycles. The molecular weight excluding hydrogens is 411 g/mol. The molecule has 3 rings (SSSR count). The quantitative estimate of drug-likeness (QED) is 0.553. The average Bonchev–Trinajstić information content (AvgIpc) is 3.18. The molecule has 0 saturated heterocycles. The summed E-state index contributed by atoms with van der Waals surface area (Å²) in [5, 5.41) is 14.9. The largest absolute Gasteiger partial charge is 0.325 e. The van der Waals surface area contributed by atoms with Crippen LogP contribution in [0.2, 0.25) is 10.0 Å². The van der Waals surface area contributed by atoms with Gasteiger partial charge >= 0.3 is 0 Å². The third-order valence-electron chi connectivity index (χ3n) is 3.57. The molecule has 0 unspecified atom stereocenters. The summed E-state index contributed by atoms with van der Waals surface area (Å²) in [6.45, 7) is 2.12. The molecule has 0 saturated carbocycles. The zero-order chi connectivity index (χ0) is 18.7. The number of hydrogen-bond donors (Lipinski definition) is 1. The van der Waals surface area contributed by atoms with E-state index in [1.54, 1.807) is 29.5 Å². The Kier molecular flexibility index (Phi) is 6.24. The molecular formula is C17H16Cl2N4OS2. The van der Waals surface area contributed by atoms with Gasteiger partial charge in [0.05, 0.1) is 5.75 Å². The average molecular weight is 427 g/mol. The normalized spacial score (nSPS) is 10.9. The van der Waals surface area contributed by atoms with E-state index in [1.165, 1.54) is 16.6 Å². The van der Waals surface area contributed by atoms with Crippen LogP contribution < -0.4 is 5.32 Å². The highest BCUT2D eigenvalue weighted by Crippen LogP contribution is 2.27. The van der Waals surface area contributed by atoms with Crippen molar-refractivity contribution in [1.29, 1.82) is 0 Å². The van der Waals surface area contributed by atoms with Crippen molar-refractivity contribution in [2.75, 3.05) is 11.1 Å². The fourth-order valence-corrected chi connectivity index (χ4v) is 4.38. The lowest BCUT2D eigenvalue weighted by atomic mass is 10.2. The van der Waals surface area contributed by atoms with Crippen LogP contribution in [0, 0.1) is 0 Å². The lowest BCUT2D eigenvalue weighted by molar-refractivity contribution is -0.113. The molecule has 0 spiro atoms. The van der Waals surface area contributed by atoms with Crippen LogP contribution in [0.25, 0.3) is 11.4 Å². The number of aromatic nitrogens is 3. The molecule has 2 aromatic heterocycles. The van der Waals surface area contributed by atoms with Crippen molar-refractivity contribution < 1.29 is 4.79 Å². The Morgan fingerprint density at radius 3 is 2.62 bits per heavy atom. The van der Waals surface area contributed by atoms with Gasteiger partial charge < -0.3 is 9.88 Å². The molecule has 9 heteroatoms. The first-order valence-corrected chi connectivity index (χ1v) is 10.4. The summed E-state index contributed by atoms with van der Waals surface area (Å²) in [5.74, 6) is 0.840. The van der Waals surface area contributed by atoms with Crippen molar-refractivity contribution in [1.82, 2.24) is 14.8 Å². The Hall–Kier alpha value is -1.54. The minimum atomic E-state index is -0.165. The van der Waals surface area contributed by atoms with Gasteiger partial charge in [-0.2, -0.15) is 0 Å². The van der Waals surface area contributed by atoms with Crippen LogP contribution in [0.5, 0.6) is 0 Å². The number of nitrogens with zero attached hydrogens (tertiary/aromatic N) is 3. The third-order valence-corrected chi connectivity index (χ3v) is 6.11.